The molecule has 112 valence electrons. The fraction of sp³-hybridized carbons (Fsp3) is 0.368. The Labute approximate surface area is 128 Å². The largest absolute Gasteiger partial charge is 0.457 e. The van der Waals surface area contributed by atoms with E-state index in [2.05, 4.69) is 51.2 Å². The highest BCUT2D eigenvalue weighted by atomic mass is 16.5. The topological polar surface area (TPSA) is 21.3 Å². The van der Waals surface area contributed by atoms with Crippen LogP contribution < -0.4 is 10.1 Å². The molecule has 0 unspecified atom stereocenters. The molecule has 0 aliphatic heterocycles. The Balaban J connectivity index is 1.97. The van der Waals surface area contributed by atoms with Crippen molar-refractivity contribution < 1.29 is 4.74 Å². The van der Waals surface area contributed by atoms with E-state index in [0.717, 1.165) is 24.6 Å². The number of nitrogens with one attached hydrogen (secondary N) is 1. The van der Waals surface area contributed by atoms with Crippen molar-refractivity contribution in [3.05, 3.63) is 59.2 Å². The van der Waals surface area contributed by atoms with Gasteiger partial charge in [0, 0.05) is 6.54 Å². The number of benzene rings is 2. The molecule has 0 aromatic heterocycles. The molecule has 0 saturated heterocycles. The first-order valence-electron chi connectivity index (χ1n) is 7.60. The standard InChI is InChI=1S/C19H25NO/c1-14(2)12-20-13-17-8-10-18(11-9-17)21-19-7-5-6-15(3)16(19)4/h5-11,14,20H,12-13H2,1-4H3. The van der Waals surface area contributed by atoms with Crippen LogP contribution in [0, 0.1) is 19.8 Å². The van der Waals surface area contributed by atoms with Gasteiger partial charge in [0.1, 0.15) is 11.5 Å². The number of ether oxygens (including phenoxy) is 1. The highest BCUT2D eigenvalue weighted by Crippen LogP contribution is 2.26. The first-order valence-corrected chi connectivity index (χ1v) is 7.60. The van der Waals surface area contributed by atoms with Gasteiger partial charge in [-0.3, -0.25) is 0 Å². The van der Waals surface area contributed by atoms with Gasteiger partial charge >= 0.3 is 0 Å². The molecule has 0 aliphatic carbocycles. The fourth-order valence-electron chi connectivity index (χ4n) is 2.14. The Morgan fingerprint density at radius 2 is 1.71 bits per heavy atom. The van der Waals surface area contributed by atoms with Crippen molar-refractivity contribution >= 4 is 0 Å². The molecule has 2 heteroatoms. The molecule has 0 bridgehead atoms. The van der Waals surface area contributed by atoms with E-state index >= 15 is 0 Å². The summed E-state index contributed by atoms with van der Waals surface area (Å²) in [5.74, 6) is 2.49. The van der Waals surface area contributed by atoms with Crippen LogP contribution in [0.3, 0.4) is 0 Å². The Hall–Kier alpha value is -1.80. The van der Waals surface area contributed by atoms with Gasteiger partial charge in [-0.1, -0.05) is 38.1 Å². The SMILES string of the molecule is Cc1cccc(Oc2ccc(CNCC(C)C)cc2)c1C. The van der Waals surface area contributed by atoms with E-state index in [9.17, 15) is 0 Å². The van der Waals surface area contributed by atoms with E-state index in [1.807, 2.05) is 24.3 Å². The summed E-state index contributed by atoms with van der Waals surface area (Å²) in [6.45, 7) is 10.6. The van der Waals surface area contributed by atoms with E-state index in [4.69, 9.17) is 4.74 Å². The molecule has 0 heterocycles. The van der Waals surface area contributed by atoms with E-state index in [-0.39, 0.29) is 0 Å². The lowest BCUT2D eigenvalue weighted by molar-refractivity contribution is 0.478. The zero-order valence-corrected chi connectivity index (χ0v) is 13.4. The molecule has 0 radical (unpaired) electrons. The maximum atomic E-state index is 5.97. The minimum absolute atomic E-state index is 0.678. The van der Waals surface area contributed by atoms with Crippen LogP contribution in [0.1, 0.15) is 30.5 Å². The molecule has 0 aliphatic rings. The van der Waals surface area contributed by atoms with E-state index in [1.165, 1.54) is 16.7 Å². The summed E-state index contributed by atoms with van der Waals surface area (Å²) in [6.07, 6.45) is 0. The number of hydrogen-bond donors (Lipinski definition) is 1. The van der Waals surface area contributed by atoms with Crippen molar-refractivity contribution in [1.29, 1.82) is 0 Å². The normalized spacial score (nSPS) is 10.9. The van der Waals surface area contributed by atoms with Crippen molar-refractivity contribution in [3.63, 3.8) is 0 Å². The number of rotatable bonds is 6. The van der Waals surface area contributed by atoms with Crippen LogP contribution in [0.15, 0.2) is 42.5 Å². The molecule has 2 aromatic carbocycles. The molecule has 2 nitrogen and oxygen atoms in total. The van der Waals surface area contributed by atoms with Crippen molar-refractivity contribution in [2.24, 2.45) is 5.92 Å². The molecule has 0 spiro atoms. The van der Waals surface area contributed by atoms with E-state index in [1.54, 1.807) is 0 Å². The van der Waals surface area contributed by atoms with Gasteiger partial charge in [0.15, 0.2) is 0 Å². The smallest absolute Gasteiger partial charge is 0.130 e. The molecule has 0 atom stereocenters. The van der Waals surface area contributed by atoms with Crippen LogP contribution in [0.4, 0.5) is 0 Å². The Kier molecular flexibility index (Phi) is 5.40. The molecular weight excluding hydrogens is 258 g/mol. The predicted octanol–water partition coefficient (Wildman–Crippen LogP) is 4.84. The van der Waals surface area contributed by atoms with Gasteiger partial charge < -0.3 is 10.1 Å². The van der Waals surface area contributed by atoms with E-state index < -0.39 is 0 Å². The summed E-state index contributed by atoms with van der Waals surface area (Å²) in [4.78, 5) is 0. The Morgan fingerprint density at radius 1 is 1.00 bits per heavy atom. The Morgan fingerprint density at radius 3 is 2.38 bits per heavy atom. The minimum atomic E-state index is 0.678. The van der Waals surface area contributed by atoms with Gasteiger partial charge in [-0.25, -0.2) is 0 Å². The number of hydrogen-bond acceptors (Lipinski definition) is 2. The van der Waals surface area contributed by atoms with Crippen molar-refractivity contribution in [2.45, 2.75) is 34.2 Å². The average molecular weight is 283 g/mol. The molecule has 0 saturated carbocycles. The monoisotopic (exact) mass is 283 g/mol. The second kappa shape index (κ2) is 7.28. The second-order valence-electron chi connectivity index (χ2n) is 5.97. The van der Waals surface area contributed by atoms with E-state index in [0.29, 0.717) is 5.92 Å². The highest BCUT2D eigenvalue weighted by molar-refractivity contribution is 5.41. The molecular formula is C19H25NO. The third-order valence-electron chi connectivity index (χ3n) is 3.59. The first-order chi connectivity index (χ1) is 10.1. The molecule has 2 aromatic rings. The molecule has 2 rings (SSSR count). The molecule has 1 N–H and O–H groups in total. The summed E-state index contributed by atoms with van der Waals surface area (Å²) in [7, 11) is 0. The van der Waals surface area contributed by atoms with Crippen molar-refractivity contribution in [1.82, 2.24) is 5.32 Å². The fourth-order valence-corrected chi connectivity index (χ4v) is 2.14. The first kappa shape index (κ1) is 15.6. The molecule has 21 heavy (non-hydrogen) atoms. The van der Waals surface area contributed by atoms with Crippen LogP contribution in [0.2, 0.25) is 0 Å². The van der Waals surface area contributed by atoms with Crippen LogP contribution >= 0.6 is 0 Å². The zero-order chi connectivity index (χ0) is 15.2. The van der Waals surface area contributed by atoms with Crippen LogP contribution in [0.25, 0.3) is 0 Å². The minimum Gasteiger partial charge on any atom is -0.457 e. The van der Waals surface area contributed by atoms with Crippen LogP contribution in [0.5, 0.6) is 11.5 Å². The summed E-state index contributed by atoms with van der Waals surface area (Å²) in [6, 6.07) is 14.5. The summed E-state index contributed by atoms with van der Waals surface area (Å²) in [5.41, 5.74) is 3.73. The Bertz CT molecular complexity index is 573. The highest BCUT2D eigenvalue weighted by Gasteiger charge is 2.03. The zero-order valence-electron chi connectivity index (χ0n) is 13.4. The van der Waals surface area contributed by atoms with Gasteiger partial charge in [0.2, 0.25) is 0 Å². The van der Waals surface area contributed by atoms with Crippen molar-refractivity contribution in [2.75, 3.05) is 6.54 Å². The van der Waals surface area contributed by atoms with Crippen LogP contribution in [-0.4, -0.2) is 6.54 Å². The third-order valence-corrected chi connectivity index (χ3v) is 3.59. The van der Waals surface area contributed by atoms with Gasteiger partial charge in [-0.2, -0.15) is 0 Å². The second-order valence-corrected chi connectivity index (χ2v) is 5.97. The molecule has 0 fully saturated rings. The number of aryl methyl sites for hydroxylation is 1. The van der Waals surface area contributed by atoms with Crippen LogP contribution in [-0.2, 0) is 6.54 Å². The average Bonchev–Trinajstić information content (AvgIpc) is 2.45. The molecule has 0 amide bonds. The maximum Gasteiger partial charge on any atom is 0.130 e. The predicted molar refractivity (Wildman–Crippen MR) is 89.0 cm³/mol. The lowest BCUT2D eigenvalue weighted by atomic mass is 10.1. The lowest BCUT2D eigenvalue weighted by Crippen LogP contribution is -2.18. The quantitative estimate of drug-likeness (QED) is 0.819. The third kappa shape index (κ3) is 4.61. The summed E-state index contributed by atoms with van der Waals surface area (Å²) >= 11 is 0. The maximum absolute atomic E-state index is 5.97. The summed E-state index contributed by atoms with van der Waals surface area (Å²) in [5, 5.41) is 3.45. The van der Waals surface area contributed by atoms with Gasteiger partial charge in [-0.15, -0.1) is 0 Å². The summed E-state index contributed by atoms with van der Waals surface area (Å²) < 4.78 is 5.97. The van der Waals surface area contributed by atoms with Gasteiger partial charge in [-0.05, 0) is 61.2 Å². The van der Waals surface area contributed by atoms with Crippen molar-refractivity contribution in [3.8, 4) is 11.5 Å². The van der Waals surface area contributed by atoms with Gasteiger partial charge in [0.25, 0.3) is 0 Å². The van der Waals surface area contributed by atoms with Gasteiger partial charge in [0.05, 0.1) is 0 Å². The lowest BCUT2D eigenvalue weighted by Gasteiger charge is -2.11.